The number of nitrogens with two attached hydrogens (primary N) is 2. The fourth-order valence-electron chi connectivity index (χ4n) is 0.255. The van der Waals surface area contributed by atoms with E-state index in [1.807, 2.05) is 0 Å². The summed E-state index contributed by atoms with van der Waals surface area (Å²) in [7, 11) is 0. The van der Waals surface area contributed by atoms with Crippen LogP contribution in [0.1, 0.15) is 6.92 Å². The summed E-state index contributed by atoms with van der Waals surface area (Å²) >= 11 is 4.60. The van der Waals surface area contributed by atoms with Gasteiger partial charge in [0, 0.05) is 0 Å². The smallest absolute Gasteiger partial charge is 0.175 e. The second kappa shape index (κ2) is 3.77. The molecule has 0 bridgehead atoms. The minimum atomic E-state index is -0.342. The van der Waals surface area contributed by atoms with Gasteiger partial charge in [-0.1, -0.05) is 0 Å². The van der Waals surface area contributed by atoms with Crippen LogP contribution < -0.4 is 11.5 Å². The molecule has 0 saturated heterocycles. The van der Waals surface area contributed by atoms with E-state index in [4.69, 9.17) is 16.2 Å². The van der Waals surface area contributed by atoms with Gasteiger partial charge in [0.25, 0.3) is 0 Å². The predicted molar refractivity (Wildman–Crippen MR) is 36.4 cm³/mol. The normalized spacial score (nSPS) is 12.9. The maximum absolute atomic E-state index is 5.20. The number of hydrogen-bond acceptors (Lipinski definition) is 4. The molecule has 0 fully saturated rings. The van der Waals surface area contributed by atoms with E-state index in [-0.39, 0.29) is 12.8 Å². The van der Waals surface area contributed by atoms with Crippen molar-refractivity contribution in [3.8, 4) is 0 Å². The van der Waals surface area contributed by atoms with Crippen molar-refractivity contribution in [3.05, 3.63) is 0 Å². The van der Waals surface area contributed by atoms with Crippen molar-refractivity contribution in [2.75, 3.05) is 6.54 Å². The van der Waals surface area contributed by atoms with Crippen molar-refractivity contribution in [1.82, 2.24) is 0 Å². The van der Waals surface area contributed by atoms with Gasteiger partial charge in [0.1, 0.15) is 6.23 Å². The molecule has 3 nitrogen and oxygen atoms in total. The summed E-state index contributed by atoms with van der Waals surface area (Å²) in [6, 6.07) is 0. The lowest BCUT2D eigenvalue weighted by Gasteiger charge is -2.07. The van der Waals surface area contributed by atoms with Crippen LogP contribution in [0.5, 0.6) is 0 Å². The monoisotopic (exact) mass is 134 g/mol. The molecule has 8 heavy (non-hydrogen) atoms. The van der Waals surface area contributed by atoms with Crippen molar-refractivity contribution in [1.29, 1.82) is 0 Å². The van der Waals surface area contributed by atoms with E-state index < -0.39 is 0 Å². The zero-order valence-electron chi connectivity index (χ0n) is 4.76. The highest BCUT2D eigenvalue weighted by Crippen LogP contribution is 1.82. The Hall–Kier alpha value is -0.190. The van der Waals surface area contributed by atoms with Gasteiger partial charge in [0.05, 0.1) is 6.54 Å². The summed E-state index contributed by atoms with van der Waals surface area (Å²) in [6.07, 6.45) is -0.342. The largest absolute Gasteiger partial charge is 0.468 e. The Kier molecular flexibility index (Phi) is 3.68. The van der Waals surface area contributed by atoms with Crippen LogP contribution in [0.2, 0.25) is 0 Å². The fraction of sp³-hybridized carbons (Fsp3) is 0.750. The molecule has 48 valence electrons. The Bertz CT molecular complexity index is 84.1. The van der Waals surface area contributed by atoms with Gasteiger partial charge in [-0.15, -0.1) is 0 Å². The second-order valence-corrected chi connectivity index (χ2v) is 1.85. The summed E-state index contributed by atoms with van der Waals surface area (Å²) in [6.45, 7) is 1.96. The predicted octanol–water partition coefficient (Wildman–Crippen LogP) is -0.406. The van der Waals surface area contributed by atoms with Crippen LogP contribution in [0, 0.1) is 0 Å². The third kappa shape index (κ3) is 3.98. The fourth-order valence-corrected chi connectivity index (χ4v) is 0.407. The van der Waals surface area contributed by atoms with Crippen LogP contribution in [0.25, 0.3) is 0 Å². The first kappa shape index (κ1) is 7.81. The van der Waals surface area contributed by atoms with Crippen molar-refractivity contribution in [3.63, 3.8) is 0 Å². The maximum Gasteiger partial charge on any atom is 0.175 e. The molecule has 4 N–H and O–H groups in total. The third-order valence-corrected chi connectivity index (χ3v) is 0.747. The quantitative estimate of drug-likeness (QED) is 0.398. The van der Waals surface area contributed by atoms with Crippen LogP contribution in [0.3, 0.4) is 0 Å². The standard InChI is InChI=1S/C4H10N2OS/c1-3(6)7-4(8)2-5/h3H,2,5-6H2,1H3. The van der Waals surface area contributed by atoms with Gasteiger partial charge in [-0.25, -0.2) is 0 Å². The first-order valence-corrected chi connectivity index (χ1v) is 2.72. The minimum absolute atomic E-state index is 0.261. The third-order valence-electron chi connectivity index (χ3n) is 0.484. The van der Waals surface area contributed by atoms with E-state index in [2.05, 4.69) is 12.2 Å². The van der Waals surface area contributed by atoms with Gasteiger partial charge < -0.3 is 10.5 Å². The van der Waals surface area contributed by atoms with E-state index >= 15 is 0 Å². The Balaban J connectivity index is 3.25. The van der Waals surface area contributed by atoms with Gasteiger partial charge in [0.15, 0.2) is 5.05 Å². The van der Waals surface area contributed by atoms with Crippen LogP contribution in [0.4, 0.5) is 0 Å². The molecule has 0 aliphatic rings. The van der Waals surface area contributed by atoms with Crippen molar-refractivity contribution in [2.24, 2.45) is 11.5 Å². The SMILES string of the molecule is CC(N)OC(=S)CN. The lowest BCUT2D eigenvalue weighted by Crippen LogP contribution is -2.26. The Morgan fingerprint density at radius 1 is 1.88 bits per heavy atom. The van der Waals surface area contributed by atoms with E-state index in [0.717, 1.165) is 0 Å². The van der Waals surface area contributed by atoms with E-state index in [1.165, 1.54) is 0 Å². The zero-order chi connectivity index (χ0) is 6.57. The molecule has 1 atom stereocenters. The molecule has 0 radical (unpaired) electrons. The molecule has 0 aromatic rings. The van der Waals surface area contributed by atoms with Gasteiger partial charge in [-0.05, 0) is 19.1 Å². The summed E-state index contributed by atoms with van der Waals surface area (Å²) in [4.78, 5) is 0. The van der Waals surface area contributed by atoms with Gasteiger partial charge in [-0.3, -0.25) is 5.73 Å². The minimum Gasteiger partial charge on any atom is -0.468 e. The molecular weight excluding hydrogens is 124 g/mol. The van der Waals surface area contributed by atoms with E-state index in [0.29, 0.717) is 5.05 Å². The summed E-state index contributed by atoms with van der Waals surface area (Å²) in [5.41, 5.74) is 10.3. The molecule has 0 rings (SSSR count). The highest BCUT2D eigenvalue weighted by Gasteiger charge is 1.95. The van der Waals surface area contributed by atoms with Gasteiger partial charge in [0.2, 0.25) is 0 Å². The Labute approximate surface area is 54.0 Å². The molecule has 0 amide bonds. The number of ether oxygens (including phenoxy) is 1. The lowest BCUT2D eigenvalue weighted by atomic mass is 10.6. The molecule has 0 aliphatic heterocycles. The van der Waals surface area contributed by atoms with Crippen molar-refractivity contribution < 1.29 is 4.74 Å². The lowest BCUT2D eigenvalue weighted by molar-refractivity contribution is 0.219. The molecule has 0 heterocycles. The molecule has 0 aromatic carbocycles. The number of rotatable bonds is 2. The summed E-state index contributed by atoms with van der Waals surface area (Å²) in [5, 5.41) is 0.361. The second-order valence-electron chi connectivity index (χ2n) is 1.40. The molecule has 0 aromatic heterocycles. The summed E-state index contributed by atoms with van der Waals surface area (Å²) in [5.74, 6) is 0. The first-order valence-electron chi connectivity index (χ1n) is 2.32. The van der Waals surface area contributed by atoms with E-state index in [9.17, 15) is 0 Å². The van der Waals surface area contributed by atoms with Crippen molar-refractivity contribution in [2.45, 2.75) is 13.2 Å². The average Bonchev–Trinajstić information content (AvgIpc) is 1.65. The molecule has 1 unspecified atom stereocenters. The molecule has 0 spiro atoms. The first-order chi connectivity index (χ1) is 3.66. The maximum atomic E-state index is 5.20. The van der Waals surface area contributed by atoms with Crippen LogP contribution in [-0.4, -0.2) is 17.8 Å². The molecule has 0 saturated carbocycles. The van der Waals surface area contributed by atoms with Gasteiger partial charge in [-0.2, -0.15) is 0 Å². The van der Waals surface area contributed by atoms with E-state index in [1.54, 1.807) is 6.92 Å². The van der Waals surface area contributed by atoms with Crippen LogP contribution in [0.15, 0.2) is 0 Å². The highest BCUT2D eigenvalue weighted by molar-refractivity contribution is 7.80. The zero-order valence-corrected chi connectivity index (χ0v) is 5.57. The topological polar surface area (TPSA) is 61.3 Å². The van der Waals surface area contributed by atoms with Crippen molar-refractivity contribution >= 4 is 17.3 Å². The average molecular weight is 134 g/mol. The Morgan fingerprint density at radius 2 is 2.38 bits per heavy atom. The number of thiocarbonyl (C=S) groups is 1. The van der Waals surface area contributed by atoms with Crippen LogP contribution >= 0.6 is 12.2 Å². The molecular formula is C4H10N2OS. The Morgan fingerprint density at radius 3 is 2.50 bits per heavy atom. The molecule has 0 aliphatic carbocycles. The number of hydrogen-bond donors (Lipinski definition) is 2. The van der Waals surface area contributed by atoms with Crippen LogP contribution in [-0.2, 0) is 4.74 Å². The summed E-state index contributed by atoms with van der Waals surface area (Å²) < 4.78 is 4.78. The van der Waals surface area contributed by atoms with Gasteiger partial charge >= 0.3 is 0 Å². The highest BCUT2D eigenvalue weighted by atomic mass is 32.1. The molecule has 4 heteroatoms.